The van der Waals surface area contributed by atoms with Gasteiger partial charge in [0.05, 0.1) is 19.9 Å². The van der Waals surface area contributed by atoms with Gasteiger partial charge >= 0.3 is 5.56 Å². The lowest BCUT2D eigenvalue weighted by atomic mass is 10.2. The first-order valence-electron chi connectivity index (χ1n) is 9.73. The predicted octanol–water partition coefficient (Wildman–Crippen LogP) is 2.61. The van der Waals surface area contributed by atoms with E-state index in [1.807, 2.05) is 0 Å². The summed E-state index contributed by atoms with van der Waals surface area (Å²) in [7, 11) is 3.05. The maximum Gasteiger partial charge on any atom is 0.300 e. The molecule has 1 amide bonds. The van der Waals surface area contributed by atoms with Crippen molar-refractivity contribution in [1.29, 1.82) is 0 Å². The minimum absolute atomic E-state index is 0.0899. The molecule has 2 aromatic heterocycles. The first-order chi connectivity index (χ1) is 15.5. The van der Waals surface area contributed by atoms with Crippen LogP contribution in [0.15, 0.2) is 59.7 Å². The van der Waals surface area contributed by atoms with E-state index < -0.39 is 11.4 Å². The number of hydrogen-bond donors (Lipinski definition) is 1. The zero-order chi connectivity index (χ0) is 22.7. The molecule has 4 aromatic rings. The van der Waals surface area contributed by atoms with Gasteiger partial charge in [-0.25, -0.2) is 4.39 Å². The molecular weight excluding hydrogens is 417 g/mol. The summed E-state index contributed by atoms with van der Waals surface area (Å²) in [5.41, 5.74) is 0.603. The molecule has 0 radical (unpaired) electrons. The lowest BCUT2D eigenvalue weighted by Crippen LogP contribution is -2.20. The third kappa shape index (κ3) is 4.15. The predicted molar refractivity (Wildman–Crippen MR) is 115 cm³/mol. The molecule has 10 heteroatoms. The van der Waals surface area contributed by atoms with E-state index >= 15 is 0 Å². The Morgan fingerprint density at radius 3 is 2.62 bits per heavy atom. The molecule has 32 heavy (non-hydrogen) atoms. The normalized spacial score (nSPS) is 10.8. The van der Waals surface area contributed by atoms with E-state index in [-0.39, 0.29) is 24.4 Å². The highest BCUT2D eigenvalue weighted by molar-refractivity contribution is 5.91. The summed E-state index contributed by atoms with van der Waals surface area (Å²) >= 11 is 0. The molecule has 0 saturated carbocycles. The lowest BCUT2D eigenvalue weighted by molar-refractivity contribution is -0.116. The van der Waals surface area contributed by atoms with Crippen molar-refractivity contribution in [2.24, 2.45) is 0 Å². The van der Waals surface area contributed by atoms with Crippen molar-refractivity contribution in [3.05, 3.63) is 76.9 Å². The number of anilines is 1. The van der Waals surface area contributed by atoms with Crippen LogP contribution >= 0.6 is 0 Å². The molecule has 0 fully saturated rings. The second-order valence-corrected chi connectivity index (χ2v) is 6.88. The van der Waals surface area contributed by atoms with E-state index in [2.05, 4.69) is 15.5 Å². The van der Waals surface area contributed by atoms with Gasteiger partial charge in [-0.1, -0.05) is 6.07 Å². The van der Waals surface area contributed by atoms with Crippen LogP contribution in [0.3, 0.4) is 0 Å². The summed E-state index contributed by atoms with van der Waals surface area (Å²) in [6.45, 7) is 0. The molecule has 0 aliphatic carbocycles. The molecule has 1 N–H and O–H groups in total. The second kappa shape index (κ2) is 8.88. The summed E-state index contributed by atoms with van der Waals surface area (Å²) in [5.74, 6) is 0.845. The Morgan fingerprint density at radius 2 is 1.88 bits per heavy atom. The van der Waals surface area contributed by atoms with E-state index in [1.165, 1.54) is 47.6 Å². The molecule has 2 heterocycles. The molecule has 0 saturated heterocycles. The highest BCUT2D eigenvalue weighted by atomic mass is 19.1. The SMILES string of the molecule is COc1ccc(NC(=O)CCc2nnc3c(=O)n(-c4cccc(F)c4)ccn23)cc1OC. The van der Waals surface area contributed by atoms with Gasteiger partial charge in [-0.3, -0.25) is 18.6 Å². The third-order valence-corrected chi connectivity index (χ3v) is 4.87. The van der Waals surface area contributed by atoms with Gasteiger partial charge in [0.2, 0.25) is 11.6 Å². The monoisotopic (exact) mass is 437 g/mol. The number of hydrogen-bond acceptors (Lipinski definition) is 6. The van der Waals surface area contributed by atoms with Crippen LogP contribution in [0.5, 0.6) is 11.5 Å². The number of ether oxygens (including phenoxy) is 2. The number of benzene rings is 2. The number of rotatable bonds is 7. The molecule has 4 rings (SSSR count). The van der Waals surface area contributed by atoms with Crippen molar-refractivity contribution in [3.8, 4) is 17.2 Å². The fourth-order valence-corrected chi connectivity index (χ4v) is 3.30. The Kier molecular flexibility index (Phi) is 5.84. The van der Waals surface area contributed by atoms with E-state index in [1.54, 1.807) is 30.5 Å². The second-order valence-electron chi connectivity index (χ2n) is 6.88. The molecule has 9 nitrogen and oxygen atoms in total. The average Bonchev–Trinajstić information content (AvgIpc) is 3.22. The van der Waals surface area contributed by atoms with Crippen LogP contribution < -0.4 is 20.3 Å². The van der Waals surface area contributed by atoms with Crippen molar-refractivity contribution >= 4 is 17.2 Å². The quantitative estimate of drug-likeness (QED) is 0.477. The summed E-state index contributed by atoms with van der Waals surface area (Å²) < 4.78 is 26.8. The average molecular weight is 437 g/mol. The number of nitrogens with zero attached hydrogens (tertiary/aromatic N) is 4. The Morgan fingerprint density at radius 1 is 1.06 bits per heavy atom. The highest BCUT2D eigenvalue weighted by Gasteiger charge is 2.14. The molecule has 0 unspecified atom stereocenters. The first-order valence-corrected chi connectivity index (χ1v) is 9.73. The number of halogens is 1. The number of fused-ring (bicyclic) bond motifs is 1. The molecule has 0 atom stereocenters. The minimum atomic E-state index is -0.447. The van der Waals surface area contributed by atoms with Gasteiger partial charge in [-0.2, -0.15) is 0 Å². The zero-order valence-corrected chi connectivity index (χ0v) is 17.4. The van der Waals surface area contributed by atoms with E-state index in [0.29, 0.717) is 28.7 Å². The van der Waals surface area contributed by atoms with Crippen molar-refractivity contribution in [2.75, 3.05) is 19.5 Å². The molecular formula is C22H20FN5O4. The highest BCUT2D eigenvalue weighted by Crippen LogP contribution is 2.29. The molecule has 0 bridgehead atoms. The van der Waals surface area contributed by atoms with Crippen molar-refractivity contribution in [2.45, 2.75) is 12.8 Å². The van der Waals surface area contributed by atoms with Gasteiger partial charge in [-0.15, -0.1) is 10.2 Å². The lowest BCUT2D eigenvalue weighted by Gasteiger charge is -2.10. The number of carbonyl (C=O) groups excluding carboxylic acids is 1. The van der Waals surface area contributed by atoms with Crippen LogP contribution in [0, 0.1) is 5.82 Å². The minimum Gasteiger partial charge on any atom is -0.493 e. The molecule has 0 spiro atoms. The first kappa shape index (κ1) is 21.0. The number of aryl methyl sites for hydroxylation is 1. The van der Waals surface area contributed by atoms with Crippen LogP contribution in [0.2, 0.25) is 0 Å². The van der Waals surface area contributed by atoms with Gasteiger partial charge in [0.25, 0.3) is 0 Å². The summed E-state index contributed by atoms with van der Waals surface area (Å²) in [6, 6.07) is 10.8. The van der Waals surface area contributed by atoms with Crippen molar-refractivity contribution in [3.63, 3.8) is 0 Å². The van der Waals surface area contributed by atoms with Gasteiger partial charge in [0, 0.05) is 37.0 Å². The van der Waals surface area contributed by atoms with Gasteiger partial charge in [0.15, 0.2) is 11.5 Å². The maximum absolute atomic E-state index is 13.5. The summed E-state index contributed by atoms with van der Waals surface area (Å²) in [4.78, 5) is 25.2. The fraction of sp³-hybridized carbons (Fsp3) is 0.182. The Bertz CT molecular complexity index is 1350. The Labute approximate surface area is 182 Å². The smallest absolute Gasteiger partial charge is 0.300 e. The number of carbonyl (C=O) groups is 1. The molecule has 2 aromatic carbocycles. The third-order valence-electron chi connectivity index (χ3n) is 4.87. The number of nitrogens with one attached hydrogen (secondary N) is 1. The van der Waals surface area contributed by atoms with E-state index in [0.717, 1.165) is 0 Å². The zero-order valence-electron chi connectivity index (χ0n) is 17.4. The Hall–Kier alpha value is -4.21. The van der Waals surface area contributed by atoms with Crippen LogP contribution in [-0.4, -0.2) is 39.3 Å². The van der Waals surface area contributed by atoms with Gasteiger partial charge in [-0.05, 0) is 30.3 Å². The molecule has 0 aliphatic rings. The van der Waals surface area contributed by atoms with Gasteiger partial charge in [0.1, 0.15) is 11.6 Å². The van der Waals surface area contributed by atoms with Crippen molar-refractivity contribution in [1.82, 2.24) is 19.2 Å². The number of aromatic nitrogens is 4. The van der Waals surface area contributed by atoms with Crippen LogP contribution in [0.25, 0.3) is 11.3 Å². The fourth-order valence-electron chi connectivity index (χ4n) is 3.30. The largest absolute Gasteiger partial charge is 0.493 e. The van der Waals surface area contributed by atoms with Gasteiger partial charge < -0.3 is 14.8 Å². The van der Waals surface area contributed by atoms with E-state index in [9.17, 15) is 14.0 Å². The standard InChI is InChI=1S/C22H20FN5O4/c1-31-17-7-6-15(13-18(17)32-2)24-20(29)9-8-19-25-26-21-22(30)27(10-11-28(19)21)16-5-3-4-14(23)12-16/h3-7,10-13H,8-9H2,1-2H3,(H,24,29). The van der Waals surface area contributed by atoms with Crippen molar-refractivity contribution < 1.29 is 18.7 Å². The van der Waals surface area contributed by atoms with E-state index in [4.69, 9.17) is 9.47 Å². The number of amides is 1. The van der Waals surface area contributed by atoms with Crippen LogP contribution in [0.1, 0.15) is 12.2 Å². The Balaban J connectivity index is 1.49. The maximum atomic E-state index is 13.5. The van der Waals surface area contributed by atoms with Crippen LogP contribution in [0.4, 0.5) is 10.1 Å². The molecule has 0 aliphatic heterocycles. The summed E-state index contributed by atoms with van der Waals surface area (Å²) in [6.07, 6.45) is 3.52. The topological polar surface area (TPSA) is 99.8 Å². The molecule has 164 valence electrons. The van der Waals surface area contributed by atoms with Crippen LogP contribution in [-0.2, 0) is 11.2 Å². The summed E-state index contributed by atoms with van der Waals surface area (Å²) in [5, 5.41) is 10.8. The number of methoxy groups -OCH3 is 2.